The maximum absolute atomic E-state index is 10.9. The zero-order valence-electron chi connectivity index (χ0n) is 11.7. The van der Waals surface area contributed by atoms with Gasteiger partial charge in [0.2, 0.25) is 0 Å². The molecule has 0 bridgehead atoms. The highest BCUT2D eigenvalue weighted by atomic mass is 16.6. The number of nitro groups is 1. The molecule has 0 saturated heterocycles. The van der Waals surface area contributed by atoms with Gasteiger partial charge in [0.15, 0.2) is 0 Å². The molecule has 5 heteroatoms. The Morgan fingerprint density at radius 3 is 2.62 bits per heavy atom. The minimum atomic E-state index is -0.388. The Balaban J connectivity index is 2.23. The van der Waals surface area contributed by atoms with E-state index < -0.39 is 0 Å². The van der Waals surface area contributed by atoms with Crippen LogP contribution in [0, 0.1) is 10.1 Å². The lowest BCUT2D eigenvalue weighted by atomic mass is 10.2. The molecule has 1 heterocycles. The molecule has 0 saturated carbocycles. The van der Waals surface area contributed by atoms with E-state index in [1.165, 1.54) is 12.1 Å². The lowest BCUT2D eigenvalue weighted by Crippen LogP contribution is -1.99. The minimum absolute atomic E-state index is 0.0725. The van der Waals surface area contributed by atoms with Gasteiger partial charge in [0.05, 0.1) is 16.0 Å². The molecule has 0 aliphatic carbocycles. The molecule has 0 spiro atoms. The zero-order valence-corrected chi connectivity index (χ0v) is 11.7. The Bertz CT molecular complexity index is 794. The quantitative estimate of drug-likeness (QED) is 0.536. The molecule has 0 fully saturated rings. The Labute approximate surface area is 122 Å². The van der Waals surface area contributed by atoms with Crippen molar-refractivity contribution in [2.75, 3.05) is 0 Å². The number of benzene rings is 2. The summed E-state index contributed by atoms with van der Waals surface area (Å²) < 4.78 is 2.12. The SMILES string of the molecule is CCCn1c(-c2ccccc2)nc2cc([N+](=O)[O-])ccc21. The highest BCUT2D eigenvalue weighted by Gasteiger charge is 2.15. The monoisotopic (exact) mass is 281 g/mol. The molecule has 0 atom stereocenters. The topological polar surface area (TPSA) is 61.0 Å². The van der Waals surface area contributed by atoms with Crippen LogP contribution in [0.3, 0.4) is 0 Å². The van der Waals surface area contributed by atoms with Crippen molar-refractivity contribution in [3.05, 3.63) is 58.6 Å². The lowest BCUT2D eigenvalue weighted by Gasteiger charge is -2.07. The Hall–Kier alpha value is -2.69. The molecule has 106 valence electrons. The second kappa shape index (κ2) is 5.36. The van der Waals surface area contributed by atoms with Gasteiger partial charge >= 0.3 is 0 Å². The Kier molecular flexibility index (Phi) is 3.39. The van der Waals surface area contributed by atoms with E-state index in [-0.39, 0.29) is 10.6 Å². The van der Waals surface area contributed by atoms with E-state index in [9.17, 15) is 10.1 Å². The third-order valence-corrected chi connectivity index (χ3v) is 3.42. The fourth-order valence-electron chi connectivity index (χ4n) is 2.49. The van der Waals surface area contributed by atoms with Crippen molar-refractivity contribution in [3.63, 3.8) is 0 Å². The van der Waals surface area contributed by atoms with E-state index in [1.807, 2.05) is 30.3 Å². The molecule has 0 radical (unpaired) electrons. The van der Waals surface area contributed by atoms with E-state index in [0.717, 1.165) is 29.9 Å². The van der Waals surface area contributed by atoms with Crippen molar-refractivity contribution in [2.24, 2.45) is 0 Å². The average Bonchev–Trinajstić information content (AvgIpc) is 2.86. The first kappa shape index (κ1) is 13.3. The highest BCUT2D eigenvalue weighted by Crippen LogP contribution is 2.27. The van der Waals surface area contributed by atoms with Gasteiger partial charge in [-0.15, -0.1) is 0 Å². The third kappa shape index (κ3) is 2.38. The van der Waals surface area contributed by atoms with Gasteiger partial charge in [0, 0.05) is 24.2 Å². The number of fused-ring (bicyclic) bond motifs is 1. The van der Waals surface area contributed by atoms with Crippen LogP contribution < -0.4 is 0 Å². The van der Waals surface area contributed by atoms with Crippen LogP contribution >= 0.6 is 0 Å². The van der Waals surface area contributed by atoms with Gasteiger partial charge in [0.25, 0.3) is 5.69 Å². The largest absolute Gasteiger partial charge is 0.324 e. The third-order valence-electron chi connectivity index (χ3n) is 3.42. The Morgan fingerprint density at radius 1 is 1.19 bits per heavy atom. The second-order valence-corrected chi connectivity index (χ2v) is 4.88. The lowest BCUT2D eigenvalue weighted by molar-refractivity contribution is -0.384. The van der Waals surface area contributed by atoms with Crippen LogP contribution in [0.1, 0.15) is 13.3 Å². The highest BCUT2D eigenvalue weighted by molar-refractivity contribution is 5.82. The van der Waals surface area contributed by atoms with Crippen molar-refractivity contribution in [1.82, 2.24) is 9.55 Å². The van der Waals surface area contributed by atoms with Gasteiger partial charge in [-0.1, -0.05) is 37.3 Å². The first-order valence-corrected chi connectivity index (χ1v) is 6.91. The molecular weight excluding hydrogens is 266 g/mol. The van der Waals surface area contributed by atoms with Gasteiger partial charge in [0.1, 0.15) is 5.82 Å². The predicted octanol–water partition coefficient (Wildman–Crippen LogP) is 4.02. The van der Waals surface area contributed by atoms with E-state index in [2.05, 4.69) is 16.5 Å². The van der Waals surface area contributed by atoms with Crippen LogP contribution in [0.5, 0.6) is 0 Å². The van der Waals surface area contributed by atoms with Crippen molar-refractivity contribution in [3.8, 4) is 11.4 Å². The predicted molar refractivity (Wildman–Crippen MR) is 82.1 cm³/mol. The smallest absolute Gasteiger partial charge is 0.271 e. The summed E-state index contributed by atoms with van der Waals surface area (Å²) in [6, 6.07) is 14.7. The summed E-state index contributed by atoms with van der Waals surface area (Å²) in [6.45, 7) is 2.94. The molecule has 0 amide bonds. The average molecular weight is 281 g/mol. The number of nitrogens with zero attached hydrogens (tertiary/aromatic N) is 3. The first-order chi connectivity index (χ1) is 10.2. The normalized spacial score (nSPS) is 10.9. The molecule has 0 N–H and O–H groups in total. The van der Waals surface area contributed by atoms with Crippen molar-refractivity contribution >= 4 is 16.7 Å². The maximum Gasteiger partial charge on any atom is 0.271 e. The molecule has 0 unspecified atom stereocenters. The molecule has 3 rings (SSSR count). The molecule has 3 aromatic rings. The summed E-state index contributed by atoms with van der Waals surface area (Å²) in [5.41, 5.74) is 2.69. The van der Waals surface area contributed by atoms with E-state index >= 15 is 0 Å². The van der Waals surface area contributed by atoms with E-state index in [0.29, 0.717) is 5.52 Å². The summed E-state index contributed by atoms with van der Waals surface area (Å²) in [4.78, 5) is 15.1. The summed E-state index contributed by atoms with van der Waals surface area (Å²) in [6.07, 6.45) is 0.974. The molecule has 2 aromatic carbocycles. The van der Waals surface area contributed by atoms with Gasteiger partial charge in [-0.25, -0.2) is 4.98 Å². The molecule has 0 aliphatic heterocycles. The van der Waals surface area contributed by atoms with Crippen LogP contribution in [-0.4, -0.2) is 14.5 Å². The number of nitro benzene ring substituents is 1. The number of hydrogen-bond acceptors (Lipinski definition) is 3. The number of aryl methyl sites for hydroxylation is 1. The van der Waals surface area contributed by atoms with Crippen molar-refractivity contribution < 1.29 is 4.92 Å². The zero-order chi connectivity index (χ0) is 14.8. The van der Waals surface area contributed by atoms with Gasteiger partial charge in [-0.05, 0) is 12.5 Å². The van der Waals surface area contributed by atoms with Crippen molar-refractivity contribution in [2.45, 2.75) is 19.9 Å². The van der Waals surface area contributed by atoms with Crippen LogP contribution in [0.4, 0.5) is 5.69 Å². The summed E-state index contributed by atoms with van der Waals surface area (Å²) in [7, 11) is 0. The fourth-order valence-corrected chi connectivity index (χ4v) is 2.49. The van der Waals surface area contributed by atoms with Crippen molar-refractivity contribution in [1.29, 1.82) is 0 Å². The second-order valence-electron chi connectivity index (χ2n) is 4.88. The number of aromatic nitrogens is 2. The van der Waals surface area contributed by atoms with Gasteiger partial charge < -0.3 is 4.57 Å². The summed E-state index contributed by atoms with van der Waals surface area (Å²) in [5.74, 6) is 0.855. The van der Waals surface area contributed by atoms with E-state index in [1.54, 1.807) is 6.07 Å². The summed E-state index contributed by atoms with van der Waals surface area (Å²) >= 11 is 0. The van der Waals surface area contributed by atoms with Gasteiger partial charge in [-0.2, -0.15) is 0 Å². The van der Waals surface area contributed by atoms with Gasteiger partial charge in [-0.3, -0.25) is 10.1 Å². The maximum atomic E-state index is 10.9. The Morgan fingerprint density at radius 2 is 1.95 bits per heavy atom. The number of hydrogen-bond donors (Lipinski definition) is 0. The number of non-ortho nitro benzene ring substituents is 1. The molecule has 0 aliphatic rings. The van der Waals surface area contributed by atoms with Crippen LogP contribution in [0.15, 0.2) is 48.5 Å². The number of imidazole rings is 1. The molecule has 5 nitrogen and oxygen atoms in total. The molecular formula is C16H15N3O2. The fraction of sp³-hybridized carbons (Fsp3) is 0.188. The summed E-state index contributed by atoms with van der Waals surface area (Å²) in [5, 5.41) is 10.9. The van der Waals surface area contributed by atoms with Crippen LogP contribution in [-0.2, 0) is 6.54 Å². The van der Waals surface area contributed by atoms with E-state index in [4.69, 9.17) is 0 Å². The molecule has 21 heavy (non-hydrogen) atoms. The minimum Gasteiger partial charge on any atom is -0.324 e. The van der Waals surface area contributed by atoms with Crippen LogP contribution in [0.2, 0.25) is 0 Å². The first-order valence-electron chi connectivity index (χ1n) is 6.91. The number of rotatable bonds is 4. The standard InChI is InChI=1S/C16H15N3O2/c1-2-10-18-15-9-8-13(19(20)21)11-14(15)17-16(18)12-6-4-3-5-7-12/h3-9,11H,2,10H2,1H3. The van der Waals surface area contributed by atoms with Crippen LogP contribution in [0.25, 0.3) is 22.4 Å². The molecule has 1 aromatic heterocycles.